The first kappa shape index (κ1) is 11.1. The van der Waals surface area contributed by atoms with Crippen LogP contribution in [0.3, 0.4) is 0 Å². The summed E-state index contributed by atoms with van der Waals surface area (Å²) in [7, 11) is 0. The third kappa shape index (κ3) is 2.41. The molecule has 15 heavy (non-hydrogen) atoms. The van der Waals surface area contributed by atoms with E-state index in [1.165, 1.54) is 0 Å². The molecule has 5 heteroatoms. The number of rotatable bonds is 0. The number of halogens is 2. The van der Waals surface area contributed by atoms with Crippen LogP contribution in [0.2, 0.25) is 10.0 Å². The van der Waals surface area contributed by atoms with Gasteiger partial charge in [-0.1, -0.05) is 30.1 Å². The van der Waals surface area contributed by atoms with Gasteiger partial charge < -0.3 is 5.32 Å². The van der Waals surface area contributed by atoms with Crippen molar-refractivity contribution in [3.63, 3.8) is 0 Å². The summed E-state index contributed by atoms with van der Waals surface area (Å²) in [5, 5.41) is 4.05. The van der Waals surface area contributed by atoms with Crippen molar-refractivity contribution >= 4 is 46.6 Å². The Morgan fingerprint density at radius 3 is 2.80 bits per heavy atom. The van der Waals surface area contributed by atoms with Gasteiger partial charge in [-0.2, -0.15) is 0 Å². The molecule has 0 aliphatic carbocycles. The monoisotopic (exact) mass is 261 g/mol. The summed E-state index contributed by atoms with van der Waals surface area (Å²) in [6, 6.07) is 3.49. The zero-order valence-electron chi connectivity index (χ0n) is 8.01. The fourth-order valence-electron chi connectivity index (χ4n) is 1.44. The maximum absolute atomic E-state index is 11.5. The number of benzene rings is 1. The molecule has 0 aromatic heterocycles. The minimum absolute atomic E-state index is 0.0205. The van der Waals surface area contributed by atoms with Gasteiger partial charge in [-0.05, 0) is 12.1 Å². The molecule has 80 valence electrons. The van der Waals surface area contributed by atoms with Gasteiger partial charge in [-0.15, -0.1) is 11.8 Å². The molecule has 0 fully saturated rings. The van der Waals surface area contributed by atoms with E-state index in [1.54, 1.807) is 23.9 Å². The topological polar surface area (TPSA) is 29.1 Å². The lowest BCUT2D eigenvalue weighted by Gasteiger charge is -2.08. The predicted molar refractivity (Wildman–Crippen MR) is 65.0 cm³/mol. The molecule has 0 radical (unpaired) electrons. The summed E-state index contributed by atoms with van der Waals surface area (Å²) in [5.41, 5.74) is 0.753. The average molecular weight is 262 g/mol. The third-order valence-electron chi connectivity index (χ3n) is 2.10. The highest BCUT2D eigenvalue weighted by molar-refractivity contribution is 8.00. The van der Waals surface area contributed by atoms with Crippen molar-refractivity contribution in [2.24, 2.45) is 0 Å². The van der Waals surface area contributed by atoms with Crippen LogP contribution >= 0.6 is 35.0 Å². The van der Waals surface area contributed by atoms with Crippen LogP contribution in [0.25, 0.3) is 0 Å². The van der Waals surface area contributed by atoms with Crippen molar-refractivity contribution in [3.8, 4) is 0 Å². The summed E-state index contributed by atoms with van der Waals surface area (Å²) < 4.78 is 0. The van der Waals surface area contributed by atoms with Gasteiger partial charge in [0.05, 0.1) is 15.7 Å². The first-order valence-corrected chi connectivity index (χ1v) is 6.15. The van der Waals surface area contributed by atoms with Crippen molar-refractivity contribution in [1.82, 2.24) is 0 Å². The summed E-state index contributed by atoms with van der Waals surface area (Å²) in [6.45, 7) is 2.02. The molecule has 1 amide bonds. The van der Waals surface area contributed by atoms with Crippen LogP contribution in [0.1, 0.15) is 13.3 Å². The normalized spacial score (nSPS) is 20.5. The van der Waals surface area contributed by atoms with Gasteiger partial charge in [0.25, 0.3) is 0 Å². The Morgan fingerprint density at radius 1 is 1.40 bits per heavy atom. The highest BCUT2D eigenvalue weighted by atomic mass is 35.5. The Balaban J connectivity index is 2.46. The predicted octanol–water partition coefficient (Wildman–Crippen LogP) is 3.82. The lowest BCUT2D eigenvalue weighted by Crippen LogP contribution is -2.13. The number of thioether (sulfide) groups is 1. The molecular formula is C10H9Cl2NOS. The van der Waals surface area contributed by atoms with Gasteiger partial charge in [0.1, 0.15) is 0 Å². The Morgan fingerprint density at radius 2 is 2.07 bits per heavy atom. The summed E-state index contributed by atoms with van der Waals surface area (Å²) >= 11 is 13.4. The molecule has 1 unspecified atom stereocenters. The van der Waals surface area contributed by atoms with E-state index < -0.39 is 0 Å². The molecular weight excluding hydrogens is 253 g/mol. The minimum atomic E-state index is 0.0205. The highest BCUT2D eigenvalue weighted by Crippen LogP contribution is 2.39. The maximum Gasteiger partial charge on any atom is 0.225 e. The van der Waals surface area contributed by atoms with E-state index in [9.17, 15) is 4.79 Å². The number of carbonyl (C=O) groups excluding carboxylic acids is 1. The number of nitrogens with one attached hydrogen (secondary N) is 1. The summed E-state index contributed by atoms with van der Waals surface area (Å²) in [4.78, 5) is 12.4. The second-order valence-corrected chi connectivity index (χ2v) is 5.74. The SMILES string of the molecule is CC1CC(=O)Nc2cc(Cl)c(Cl)cc2S1. The van der Waals surface area contributed by atoms with Crippen molar-refractivity contribution in [2.75, 3.05) is 5.32 Å². The maximum atomic E-state index is 11.5. The second-order valence-electron chi connectivity index (χ2n) is 3.44. The molecule has 1 aliphatic rings. The number of hydrogen-bond donors (Lipinski definition) is 1. The minimum Gasteiger partial charge on any atom is -0.325 e. The molecule has 0 saturated heterocycles. The third-order valence-corrected chi connectivity index (χ3v) is 3.98. The quantitative estimate of drug-likeness (QED) is 0.770. The van der Waals surface area contributed by atoms with Crippen molar-refractivity contribution in [2.45, 2.75) is 23.5 Å². The zero-order valence-corrected chi connectivity index (χ0v) is 10.3. The van der Waals surface area contributed by atoms with Crippen molar-refractivity contribution in [1.29, 1.82) is 0 Å². The zero-order chi connectivity index (χ0) is 11.0. The van der Waals surface area contributed by atoms with Crippen LogP contribution in [0.5, 0.6) is 0 Å². The van der Waals surface area contributed by atoms with E-state index in [4.69, 9.17) is 23.2 Å². The number of anilines is 1. The average Bonchev–Trinajstić information content (AvgIpc) is 2.24. The Kier molecular flexibility index (Phi) is 3.14. The first-order chi connectivity index (χ1) is 7.06. The lowest BCUT2D eigenvalue weighted by molar-refractivity contribution is -0.116. The van der Waals surface area contributed by atoms with E-state index in [0.717, 1.165) is 10.6 Å². The first-order valence-electron chi connectivity index (χ1n) is 4.52. The molecule has 1 aromatic rings. The van der Waals surface area contributed by atoms with Crippen LogP contribution in [0.15, 0.2) is 17.0 Å². The lowest BCUT2D eigenvalue weighted by atomic mass is 10.3. The smallest absolute Gasteiger partial charge is 0.225 e. The van der Waals surface area contributed by atoms with Gasteiger partial charge in [0.15, 0.2) is 0 Å². The Bertz CT molecular complexity index is 422. The van der Waals surface area contributed by atoms with E-state index >= 15 is 0 Å². The molecule has 2 rings (SSSR count). The standard InChI is InChI=1S/C10H9Cl2NOS/c1-5-2-10(14)13-8-3-6(11)7(12)4-9(8)15-5/h3-5H,2H2,1H3,(H,13,14). The summed E-state index contributed by atoms with van der Waals surface area (Å²) in [6.07, 6.45) is 0.509. The molecule has 0 spiro atoms. The second kappa shape index (κ2) is 4.24. The molecule has 1 aromatic carbocycles. The van der Waals surface area contributed by atoms with E-state index in [1.807, 2.05) is 6.92 Å². The van der Waals surface area contributed by atoms with Crippen LogP contribution in [-0.4, -0.2) is 11.2 Å². The Hall–Kier alpha value is -0.380. The van der Waals surface area contributed by atoms with Gasteiger partial charge in [0, 0.05) is 16.6 Å². The van der Waals surface area contributed by atoms with Crippen LogP contribution in [0.4, 0.5) is 5.69 Å². The number of hydrogen-bond acceptors (Lipinski definition) is 2. The molecule has 2 nitrogen and oxygen atoms in total. The fraction of sp³-hybridized carbons (Fsp3) is 0.300. The Labute approximate surface area is 102 Å². The molecule has 1 aliphatic heterocycles. The highest BCUT2D eigenvalue weighted by Gasteiger charge is 2.19. The molecule has 1 N–H and O–H groups in total. The van der Waals surface area contributed by atoms with E-state index in [-0.39, 0.29) is 11.2 Å². The molecule has 1 heterocycles. The van der Waals surface area contributed by atoms with Crippen molar-refractivity contribution in [3.05, 3.63) is 22.2 Å². The van der Waals surface area contributed by atoms with E-state index in [0.29, 0.717) is 16.5 Å². The van der Waals surface area contributed by atoms with Gasteiger partial charge in [-0.25, -0.2) is 0 Å². The van der Waals surface area contributed by atoms with Gasteiger partial charge in [0.2, 0.25) is 5.91 Å². The van der Waals surface area contributed by atoms with Crippen LogP contribution < -0.4 is 5.32 Å². The number of fused-ring (bicyclic) bond motifs is 1. The molecule has 1 atom stereocenters. The van der Waals surface area contributed by atoms with Crippen molar-refractivity contribution < 1.29 is 4.79 Å². The van der Waals surface area contributed by atoms with E-state index in [2.05, 4.69) is 5.32 Å². The van der Waals surface area contributed by atoms with Crippen LogP contribution in [-0.2, 0) is 4.79 Å². The molecule has 0 bridgehead atoms. The van der Waals surface area contributed by atoms with Crippen LogP contribution in [0, 0.1) is 0 Å². The number of amides is 1. The fourth-order valence-corrected chi connectivity index (χ4v) is 2.93. The largest absolute Gasteiger partial charge is 0.325 e. The van der Waals surface area contributed by atoms with Gasteiger partial charge >= 0.3 is 0 Å². The summed E-state index contributed by atoms with van der Waals surface area (Å²) in [5.74, 6) is 0.0205. The molecule has 0 saturated carbocycles. The number of carbonyl (C=O) groups is 1. The van der Waals surface area contributed by atoms with Gasteiger partial charge in [-0.3, -0.25) is 4.79 Å².